The first kappa shape index (κ1) is 15.5. The zero-order valence-electron chi connectivity index (χ0n) is 13.4. The maximum Gasteiger partial charge on any atom is 0.255 e. The van der Waals surface area contributed by atoms with Crippen LogP contribution < -0.4 is 5.32 Å². The number of rotatable bonds is 5. The van der Waals surface area contributed by atoms with Crippen molar-refractivity contribution in [1.82, 2.24) is 24.6 Å². The molecule has 2 aromatic heterocycles. The number of aromatic nitrogens is 4. The van der Waals surface area contributed by atoms with Crippen LogP contribution >= 0.6 is 0 Å². The summed E-state index contributed by atoms with van der Waals surface area (Å²) in [4.78, 5) is 22.6. The first-order chi connectivity index (χ1) is 11.2. The van der Waals surface area contributed by atoms with Crippen molar-refractivity contribution >= 4 is 11.7 Å². The highest BCUT2D eigenvalue weighted by atomic mass is 16.2. The van der Waals surface area contributed by atoms with E-state index in [1.165, 1.54) is 6.33 Å². The fraction of sp³-hybridized carbons (Fsp3) is 0.500. The van der Waals surface area contributed by atoms with Gasteiger partial charge >= 0.3 is 0 Å². The Morgan fingerprint density at radius 3 is 2.83 bits per heavy atom. The SMILES string of the molecule is CC1CCN(C(=O)c2ccc(NCCn3cncn3)nc2)CC1. The number of carbonyl (C=O) groups is 1. The van der Waals surface area contributed by atoms with Gasteiger partial charge in [0.25, 0.3) is 5.91 Å². The molecule has 0 unspecified atom stereocenters. The molecule has 23 heavy (non-hydrogen) atoms. The van der Waals surface area contributed by atoms with Crippen LogP contribution in [0.4, 0.5) is 5.82 Å². The van der Waals surface area contributed by atoms with Crippen LogP contribution in [-0.2, 0) is 6.54 Å². The van der Waals surface area contributed by atoms with Crippen LogP contribution in [0.1, 0.15) is 30.1 Å². The lowest BCUT2D eigenvalue weighted by atomic mass is 9.99. The minimum atomic E-state index is 0.0820. The van der Waals surface area contributed by atoms with Crippen molar-refractivity contribution in [3.63, 3.8) is 0 Å². The van der Waals surface area contributed by atoms with Crippen LogP contribution in [0.5, 0.6) is 0 Å². The minimum Gasteiger partial charge on any atom is -0.368 e. The van der Waals surface area contributed by atoms with Gasteiger partial charge in [0.2, 0.25) is 0 Å². The van der Waals surface area contributed by atoms with Gasteiger partial charge in [-0.25, -0.2) is 9.97 Å². The molecule has 7 heteroatoms. The van der Waals surface area contributed by atoms with Gasteiger partial charge in [-0.05, 0) is 30.9 Å². The first-order valence-corrected chi connectivity index (χ1v) is 8.04. The maximum absolute atomic E-state index is 12.4. The van der Waals surface area contributed by atoms with E-state index >= 15 is 0 Å². The smallest absolute Gasteiger partial charge is 0.255 e. The first-order valence-electron chi connectivity index (χ1n) is 8.04. The molecule has 2 aromatic rings. The van der Waals surface area contributed by atoms with E-state index in [4.69, 9.17) is 0 Å². The summed E-state index contributed by atoms with van der Waals surface area (Å²) in [5.41, 5.74) is 0.654. The maximum atomic E-state index is 12.4. The molecule has 1 saturated heterocycles. The van der Waals surface area contributed by atoms with Crippen LogP contribution in [0.2, 0.25) is 0 Å². The molecule has 3 rings (SSSR count). The Kier molecular flexibility index (Phi) is 4.85. The number of piperidine rings is 1. The minimum absolute atomic E-state index is 0.0820. The van der Waals surface area contributed by atoms with E-state index in [1.807, 2.05) is 17.0 Å². The van der Waals surface area contributed by atoms with Crippen molar-refractivity contribution in [3.05, 3.63) is 36.5 Å². The summed E-state index contributed by atoms with van der Waals surface area (Å²) in [6, 6.07) is 3.69. The van der Waals surface area contributed by atoms with Gasteiger partial charge in [-0.1, -0.05) is 6.92 Å². The molecule has 1 aliphatic heterocycles. The van der Waals surface area contributed by atoms with Crippen LogP contribution in [0.3, 0.4) is 0 Å². The number of carbonyl (C=O) groups excluding carboxylic acids is 1. The highest BCUT2D eigenvalue weighted by Crippen LogP contribution is 2.18. The summed E-state index contributed by atoms with van der Waals surface area (Å²) in [6.45, 7) is 5.35. The van der Waals surface area contributed by atoms with E-state index < -0.39 is 0 Å². The summed E-state index contributed by atoms with van der Waals surface area (Å²) in [5, 5.41) is 7.25. The van der Waals surface area contributed by atoms with Crippen LogP contribution in [0.15, 0.2) is 31.0 Å². The Bertz CT molecular complexity index is 617. The average Bonchev–Trinajstić information content (AvgIpc) is 3.09. The third kappa shape index (κ3) is 4.06. The molecule has 7 nitrogen and oxygen atoms in total. The topological polar surface area (TPSA) is 75.9 Å². The van der Waals surface area contributed by atoms with Gasteiger partial charge in [0.1, 0.15) is 18.5 Å². The van der Waals surface area contributed by atoms with Crippen molar-refractivity contribution in [1.29, 1.82) is 0 Å². The van der Waals surface area contributed by atoms with Crippen molar-refractivity contribution in [2.45, 2.75) is 26.3 Å². The second kappa shape index (κ2) is 7.21. The summed E-state index contributed by atoms with van der Waals surface area (Å²) >= 11 is 0. The zero-order chi connectivity index (χ0) is 16.1. The number of amides is 1. The van der Waals surface area contributed by atoms with E-state index in [2.05, 4.69) is 27.3 Å². The van der Waals surface area contributed by atoms with E-state index in [0.717, 1.165) is 31.7 Å². The third-order valence-electron chi connectivity index (χ3n) is 4.19. The summed E-state index contributed by atoms with van der Waals surface area (Å²) in [7, 11) is 0. The second-order valence-electron chi connectivity index (χ2n) is 5.99. The molecule has 0 aliphatic carbocycles. The molecule has 1 aliphatic rings. The van der Waals surface area contributed by atoms with Crippen LogP contribution in [-0.4, -0.2) is 50.2 Å². The number of hydrogen-bond acceptors (Lipinski definition) is 5. The molecule has 1 amide bonds. The van der Waals surface area contributed by atoms with Crippen LogP contribution in [0.25, 0.3) is 0 Å². The van der Waals surface area contributed by atoms with Crippen molar-refractivity contribution in [3.8, 4) is 0 Å². The number of nitrogens with zero attached hydrogens (tertiary/aromatic N) is 5. The van der Waals surface area contributed by atoms with E-state index in [1.54, 1.807) is 17.2 Å². The standard InChI is InChI=1S/C16H22N6O/c1-13-4-7-21(8-5-13)16(23)14-2-3-15(19-10-14)18-6-9-22-12-17-11-20-22/h2-3,10-13H,4-9H2,1H3,(H,18,19). The molecular formula is C16H22N6O. The van der Waals surface area contributed by atoms with Gasteiger partial charge in [0, 0.05) is 25.8 Å². The molecule has 0 saturated carbocycles. The second-order valence-corrected chi connectivity index (χ2v) is 5.99. The van der Waals surface area contributed by atoms with E-state index in [-0.39, 0.29) is 5.91 Å². The highest BCUT2D eigenvalue weighted by molar-refractivity contribution is 5.94. The fourth-order valence-corrected chi connectivity index (χ4v) is 2.67. The lowest BCUT2D eigenvalue weighted by Gasteiger charge is -2.30. The van der Waals surface area contributed by atoms with Gasteiger partial charge < -0.3 is 10.2 Å². The molecule has 0 atom stereocenters. The fourth-order valence-electron chi connectivity index (χ4n) is 2.67. The van der Waals surface area contributed by atoms with E-state index in [9.17, 15) is 4.79 Å². The summed E-state index contributed by atoms with van der Waals surface area (Å²) in [6.07, 6.45) is 7.01. The Morgan fingerprint density at radius 1 is 1.35 bits per heavy atom. The Morgan fingerprint density at radius 2 is 2.17 bits per heavy atom. The van der Waals surface area contributed by atoms with Gasteiger partial charge in [0.05, 0.1) is 12.1 Å². The molecule has 0 aromatic carbocycles. The number of nitrogens with one attached hydrogen (secondary N) is 1. The van der Waals surface area contributed by atoms with Gasteiger partial charge in [-0.15, -0.1) is 0 Å². The van der Waals surface area contributed by atoms with E-state index in [0.29, 0.717) is 24.6 Å². The van der Waals surface area contributed by atoms with Crippen molar-refractivity contribution < 1.29 is 4.79 Å². The van der Waals surface area contributed by atoms with Gasteiger partial charge in [0.15, 0.2) is 0 Å². The Labute approximate surface area is 135 Å². The molecule has 3 heterocycles. The molecular weight excluding hydrogens is 292 g/mol. The molecule has 0 bridgehead atoms. The van der Waals surface area contributed by atoms with Gasteiger partial charge in [-0.3, -0.25) is 9.48 Å². The molecule has 122 valence electrons. The largest absolute Gasteiger partial charge is 0.368 e. The predicted octanol–water partition coefficient (Wildman–Crippen LogP) is 1.66. The quantitative estimate of drug-likeness (QED) is 0.908. The van der Waals surface area contributed by atoms with Crippen molar-refractivity contribution in [2.75, 3.05) is 25.0 Å². The molecule has 0 radical (unpaired) electrons. The predicted molar refractivity (Wildman–Crippen MR) is 87.1 cm³/mol. The molecule has 0 spiro atoms. The Balaban J connectivity index is 1.51. The molecule has 1 fully saturated rings. The Hall–Kier alpha value is -2.44. The molecule has 1 N–H and O–H groups in total. The zero-order valence-corrected chi connectivity index (χ0v) is 13.4. The van der Waals surface area contributed by atoms with Crippen molar-refractivity contribution in [2.24, 2.45) is 5.92 Å². The monoisotopic (exact) mass is 314 g/mol. The number of pyridine rings is 1. The summed E-state index contributed by atoms with van der Waals surface area (Å²) in [5.74, 6) is 1.56. The number of likely N-dealkylation sites (tertiary alicyclic amines) is 1. The number of hydrogen-bond donors (Lipinski definition) is 1. The lowest BCUT2D eigenvalue weighted by molar-refractivity contribution is 0.0697. The third-order valence-corrected chi connectivity index (χ3v) is 4.19. The summed E-state index contributed by atoms with van der Waals surface area (Å²) < 4.78 is 1.75. The number of anilines is 1. The normalized spacial score (nSPS) is 15.6. The average molecular weight is 314 g/mol. The van der Waals surface area contributed by atoms with Gasteiger partial charge in [-0.2, -0.15) is 5.10 Å². The van der Waals surface area contributed by atoms with Crippen LogP contribution in [0, 0.1) is 5.92 Å². The highest BCUT2D eigenvalue weighted by Gasteiger charge is 2.21. The lowest BCUT2D eigenvalue weighted by Crippen LogP contribution is -2.37.